The standard InChI is InChI=1S/C20H13Cl3N2O2/c21-16-7-2-1-6-15(16)20(27)25-14-5-3-4-13(11-14)24-19(26)12-8-9-17(22)18(23)10-12/h1-11H,(H,24,26)(H,25,27). The van der Waals surface area contributed by atoms with Crippen molar-refractivity contribution in [2.75, 3.05) is 10.6 Å². The summed E-state index contributed by atoms with van der Waals surface area (Å²) in [5.74, 6) is -0.684. The molecule has 2 amide bonds. The third kappa shape index (κ3) is 4.80. The average molecular weight is 420 g/mol. The van der Waals surface area contributed by atoms with Crippen LogP contribution < -0.4 is 10.6 Å². The van der Waals surface area contributed by atoms with E-state index < -0.39 is 0 Å². The Morgan fingerprint density at radius 2 is 1.30 bits per heavy atom. The van der Waals surface area contributed by atoms with E-state index >= 15 is 0 Å². The first kappa shape index (κ1) is 19.2. The fraction of sp³-hybridized carbons (Fsp3) is 0. The van der Waals surface area contributed by atoms with Crippen molar-refractivity contribution in [1.82, 2.24) is 0 Å². The largest absolute Gasteiger partial charge is 0.322 e. The fourth-order valence-corrected chi connectivity index (χ4v) is 2.88. The number of carbonyl (C=O) groups is 2. The number of halogens is 3. The molecule has 0 atom stereocenters. The lowest BCUT2D eigenvalue weighted by Crippen LogP contribution is -2.14. The second kappa shape index (κ2) is 8.44. The number of amides is 2. The Morgan fingerprint density at radius 1 is 0.630 bits per heavy atom. The summed E-state index contributed by atoms with van der Waals surface area (Å²) in [5, 5.41) is 6.54. The lowest BCUT2D eigenvalue weighted by Gasteiger charge is -2.10. The van der Waals surface area contributed by atoms with Crippen LogP contribution in [0.25, 0.3) is 0 Å². The molecular formula is C20H13Cl3N2O2. The van der Waals surface area contributed by atoms with Gasteiger partial charge in [-0.25, -0.2) is 0 Å². The van der Waals surface area contributed by atoms with Crippen LogP contribution in [-0.2, 0) is 0 Å². The van der Waals surface area contributed by atoms with Crippen LogP contribution in [0.15, 0.2) is 66.7 Å². The molecule has 0 radical (unpaired) electrons. The van der Waals surface area contributed by atoms with E-state index in [4.69, 9.17) is 34.8 Å². The van der Waals surface area contributed by atoms with Gasteiger partial charge in [0.2, 0.25) is 0 Å². The lowest BCUT2D eigenvalue weighted by atomic mass is 10.2. The first-order valence-corrected chi connectivity index (χ1v) is 9.00. The van der Waals surface area contributed by atoms with Gasteiger partial charge in [0.1, 0.15) is 0 Å². The van der Waals surface area contributed by atoms with E-state index in [1.54, 1.807) is 60.7 Å². The van der Waals surface area contributed by atoms with E-state index in [9.17, 15) is 9.59 Å². The van der Waals surface area contributed by atoms with E-state index in [1.165, 1.54) is 6.07 Å². The SMILES string of the molecule is O=C(Nc1cccc(NC(=O)c2ccccc2Cl)c1)c1ccc(Cl)c(Cl)c1. The molecule has 0 bridgehead atoms. The van der Waals surface area contributed by atoms with E-state index in [1.807, 2.05) is 0 Å². The van der Waals surface area contributed by atoms with Crippen LogP contribution in [0.1, 0.15) is 20.7 Å². The molecule has 0 spiro atoms. The van der Waals surface area contributed by atoms with Crippen LogP contribution in [0.4, 0.5) is 11.4 Å². The van der Waals surface area contributed by atoms with Crippen molar-refractivity contribution < 1.29 is 9.59 Å². The number of nitrogens with one attached hydrogen (secondary N) is 2. The molecule has 0 heterocycles. The van der Waals surface area contributed by atoms with Gasteiger partial charge in [0.15, 0.2) is 0 Å². The number of hydrogen-bond donors (Lipinski definition) is 2. The molecule has 136 valence electrons. The van der Waals surface area contributed by atoms with Crippen molar-refractivity contribution in [2.45, 2.75) is 0 Å². The molecule has 0 saturated carbocycles. The zero-order valence-corrected chi connectivity index (χ0v) is 16.1. The Hall–Kier alpha value is -2.53. The number of carbonyl (C=O) groups excluding carboxylic acids is 2. The molecule has 0 aliphatic carbocycles. The minimum atomic E-state index is -0.344. The maximum Gasteiger partial charge on any atom is 0.257 e. The minimum Gasteiger partial charge on any atom is -0.322 e. The number of hydrogen-bond acceptors (Lipinski definition) is 2. The van der Waals surface area contributed by atoms with Crippen molar-refractivity contribution in [3.8, 4) is 0 Å². The van der Waals surface area contributed by atoms with Gasteiger partial charge in [0, 0.05) is 16.9 Å². The van der Waals surface area contributed by atoms with Crippen LogP contribution in [0.2, 0.25) is 15.1 Å². The summed E-state index contributed by atoms with van der Waals surface area (Å²) in [6.45, 7) is 0. The lowest BCUT2D eigenvalue weighted by molar-refractivity contribution is 0.101. The Morgan fingerprint density at radius 3 is 1.96 bits per heavy atom. The molecule has 0 fully saturated rings. The third-order valence-electron chi connectivity index (χ3n) is 3.68. The smallest absolute Gasteiger partial charge is 0.257 e. The molecule has 0 unspecified atom stereocenters. The van der Waals surface area contributed by atoms with Gasteiger partial charge in [0.05, 0.1) is 20.6 Å². The van der Waals surface area contributed by atoms with Crippen LogP contribution in [0.3, 0.4) is 0 Å². The molecule has 0 aliphatic heterocycles. The molecule has 3 rings (SSSR count). The number of benzene rings is 3. The molecule has 3 aromatic rings. The summed E-state index contributed by atoms with van der Waals surface area (Å²) >= 11 is 17.8. The van der Waals surface area contributed by atoms with Crippen LogP contribution in [0, 0.1) is 0 Å². The Kier molecular flexibility index (Phi) is 6.01. The van der Waals surface area contributed by atoms with Crippen LogP contribution in [0.5, 0.6) is 0 Å². The first-order chi connectivity index (χ1) is 12.9. The maximum absolute atomic E-state index is 12.4. The van der Waals surface area contributed by atoms with Crippen molar-refractivity contribution in [2.24, 2.45) is 0 Å². The molecule has 0 aliphatic rings. The van der Waals surface area contributed by atoms with Crippen LogP contribution in [-0.4, -0.2) is 11.8 Å². The van der Waals surface area contributed by atoms with Crippen molar-refractivity contribution in [3.63, 3.8) is 0 Å². The Labute approximate surface area is 171 Å². The van der Waals surface area contributed by atoms with Crippen LogP contribution >= 0.6 is 34.8 Å². The van der Waals surface area contributed by atoms with Gasteiger partial charge in [-0.2, -0.15) is 0 Å². The first-order valence-electron chi connectivity index (χ1n) is 7.86. The highest BCUT2D eigenvalue weighted by atomic mass is 35.5. The minimum absolute atomic E-state index is 0.296. The predicted molar refractivity (Wildman–Crippen MR) is 110 cm³/mol. The summed E-state index contributed by atoms with van der Waals surface area (Å²) in [6.07, 6.45) is 0. The summed E-state index contributed by atoms with van der Waals surface area (Å²) in [7, 11) is 0. The molecule has 3 aromatic carbocycles. The summed E-state index contributed by atoms with van der Waals surface area (Å²) in [6, 6.07) is 18.2. The monoisotopic (exact) mass is 418 g/mol. The van der Waals surface area contributed by atoms with E-state index in [0.29, 0.717) is 37.6 Å². The Balaban J connectivity index is 1.73. The molecule has 4 nitrogen and oxygen atoms in total. The molecule has 0 saturated heterocycles. The normalized spacial score (nSPS) is 10.3. The zero-order valence-electron chi connectivity index (χ0n) is 13.8. The molecule has 7 heteroatoms. The van der Waals surface area contributed by atoms with E-state index in [-0.39, 0.29) is 11.8 Å². The molecular weight excluding hydrogens is 407 g/mol. The molecule has 27 heavy (non-hydrogen) atoms. The zero-order chi connectivity index (χ0) is 19.4. The second-order valence-electron chi connectivity index (χ2n) is 5.60. The number of anilines is 2. The maximum atomic E-state index is 12.4. The van der Waals surface area contributed by atoms with Gasteiger partial charge in [-0.05, 0) is 48.5 Å². The second-order valence-corrected chi connectivity index (χ2v) is 6.82. The van der Waals surface area contributed by atoms with Crippen molar-refractivity contribution in [3.05, 3.63) is 92.9 Å². The van der Waals surface area contributed by atoms with Gasteiger partial charge in [0.25, 0.3) is 11.8 Å². The third-order valence-corrected chi connectivity index (χ3v) is 4.75. The predicted octanol–water partition coefficient (Wildman–Crippen LogP) is 6.15. The van der Waals surface area contributed by atoms with Gasteiger partial charge >= 0.3 is 0 Å². The molecule has 0 aromatic heterocycles. The highest BCUT2D eigenvalue weighted by Gasteiger charge is 2.11. The fourth-order valence-electron chi connectivity index (χ4n) is 2.36. The van der Waals surface area contributed by atoms with Gasteiger partial charge < -0.3 is 10.6 Å². The summed E-state index contributed by atoms with van der Waals surface area (Å²) < 4.78 is 0. The number of rotatable bonds is 4. The van der Waals surface area contributed by atoms with Gasteiger partial charge in [-0.15, -0.1) is 0 Å². The van der Waals surface area contributed by atoms with Gasteiger partial charge in [-0.1, -0.05) is 53.0 Å². The quantitative estimate of drug-likeness (QED) is 0.533. The highest BCUT2D eigenvalue weighted by molar-refractivity contribution is 6.42. The average Bonchev–Trinajstić information content (AvgIpc) is 2.64. The summed E-state index contributed by atoms with van der Waals surface area (Å²) in [4.78, 5) is 24.7. The van der Waals surface area contributed by atoms with E-state index in [0.717, 1.165) is 0 Å². The summed E-state index contributed by atoms with van der Waals surface area (Å²) in [5.41, 5.74) is 1.77. The molecule has 2 N–H and O–H groups in total. The Bertz CT molecular complexity index is 1020. The highest BCUT2D eigenvalue weighted by Crippen LogP contribution is 2.24. The van der Waals surface area contributed by atoms with E-state index in [2.05, 4.69) is 10.6 Å². The van der Waals surface area contributed by atoms with Gasteiger partial charge in [-0.3, -0.25) is 9.59 Å². The topological polar surface area (TPSA) is 58.2 Å². The van der Waals surface area contributed by atoms with Crippen molar-refractivity contribution in [1.29, 1.82) is 0 Å². The van der Waals surface area contributed by atoms with Crippen molar-refractivity contribution >= 4 is 58.0 Å².